The van der Waals surface area contributed by atoms with Gasteiger partial charge in [-0.3, -0.25) is 4.90 Å². The fourth-order valence-corrected chi connectivity index (χ4v) is 5.24. The van der Waals surface area contributed by atoms with E-state index in [-0.39, 0.29) is 11.5 Å². The molecule has 0 spiro atoms. The topological polar surface area (TPSA) is 53.7 Å². The minimum atomic E-state index is -1.02. The number of aliphatic hydroxyl groups is 1. The molecule has 0 bridgehead atoms. The van der Waals surface area contributed by atoms with Crippen LogP contribution < -0.4 is 5.63 Å². The lowest BCUT2D eigenvalue weighted by molar-refractivity contribution is -0.0152. The van der Waals surface area contributed by atoms with Gasteiger partial charge in [0, 0.05) is 18.0 Å². The molecule has 168 valence electrons. The maximum Gasteiger partial charge on any atom is 0.336 e. The van der Waals surface area contributed by atoms with Crippen molar-refractivity contribution < 1.29 is 9.52 Å². The first kappa shape index (κ1) is 21.6. The van der Waals surface area contributed by atoms with Crippen molar-refractivity contribution in [2.45, 2.75) is 31.9 Å². The lowest BCUT2D eigenvalue weighted by atomic mass is 9.72. The molecule has 0 saturated carbocycles. The van der Waals surface area contributed by atoms with Gasteiger partial charge in [0.2, 0.25) is 0 Å². The molecule has 33 heavy (non-hydrogen) atoms. The fraction of sp³-hybridized carbons (Fsp3) is 0.276. The van der Waals surface area contributed by atoms with Crippen molar-refractivity contribution in [3.63, 3.8) is 0 Å². The van der Waals surface area contributed by atoms with E-state index in [0.717, 1.165) is 53.6 Å². The highest BCUT2D eigenvalue weighted by Crippen LogP contribution is 2.42. The van der Waals surface area contributed by atoms with Gasteiger partial charge in [-0.15, -0.1) is 0 Å². The molecular formula is C29H29NO3. The molecule has 5 rings (SSSR count). The van der Waals surface area contributed by atoms with E-state index >= 15 is 0 Å². The standard InChI is InChI=1S/C29H29NO3/c1-21-12-13-26-22(19-28(31)33-27(26)18-21)20-30-16-14-25(15-17-30)29(32,23-8-4-2-5-9-23)24-10-6-3-7-11-24/h2-13,18-19,25,32H,14-17,20H2,1H3. The number of piperidine rings is 1. The van der Waals surface area contributed by atoms with Crippen LogP contribution in [0.25, 0.3) is 11.0 Å². The van der Waals surface area contributed by atoms with Gasteiger partial charge >= 0.3 is 5.63 Å². The Hall–Kier alpha value is -3.21. The predicted molar refractivity (Wildman–Crippen MR) is 131 cm³/mol. The first-order valence-corrected chi connectivity index (χ1v) is 11.6. The van der Waals surface area contributed by atoms with E-state index in [1.165, 1.54) is 0 Å². The number of rotatable bonds is 5. The van der Waals surface area contributed by atoms with E-state index < -0.39 is 5.60 Å². The first-order chi connectivity index (χ1) is 16.0. The van der Waals surface area contributed by atoms with Gasteiger partial charge in [0.05, 0.1) is 0 Å². The summed E-state index contributed by atoms with van der Waals surface area (Å²) in [5.74, 6) is 0.110. The van der Waals surface area contributed by atoms with Crippen LogP contribution in [0.5, 0.6) is 0 Å². The highest BCUT2D eigenvalue weighted by atomic mass is 16.4. The average Bonchev–Trinajstić information content (AvgIpc) is 2.84. The third-order valence-electron chi connectivity index (χ3n) is 6.99. The van der Waals surface area contributed by atoms with Gasteiger partial charge in [-0.1, -0.05) is 72.8 Å². The van der Waals surface area contributed by atoms with Crippen LogP contribution in [0.3, 0.4) is 0 Å². The largest absolute Gasteiger partial charge is 0.423 e. The van der Waals surface area contributed by atoms with E-state index in [0.29, 0.717) is 12.1 Å². The number of likely N-dealkylation sites (tertiary alicyclic amines) is 1. The molecule has 4 heteroatoms. The van der Waals surface area contributed by atoms with E-state index in [4.69, 9.17) is 4.42 Å². The van der Waals surface area contributed by atoms with Gasteiger partial charge in [-0.05, 0) is 67.1 Å². The van der Waals surface area contributed by atoms with E-state index in [9.17, 15) is 9.90 Å². The van der Waals surface area contributed by atoms with Gasteiger partial charge in [0.15, 0.2) is 0 Å². The third-order valence-corrected chi connectivity index (χ3v) is 6.99. The van der Waals surface area contributed by atoms with Gasteiger partial charge in [-0.25, -0.2) is 4.79 Å². The van der Waals surface area contributed by atoms with Crippen molar-refractivity contribution in [2.75, 3.05) is 13.1 Å². The van der Waals surface area contributed by atoms with Crippen LogP contribution in [-0.2, 0) is 12.1 Å². The fourth-order valence-electron chi connectivity index (χ4n) is 5.24. The zero-order valence-electron chi connectivity index (χ0n) is 18.9. The Balaban J connectivity index is 1.38. The summed E-state index contributed by atoms with van der Waals surface area (Å²) in [5.41, 5.74) is 3.28. The number of nitrogens with zero attached hydrogens (tertiary/aromatic N) is 1. The summed E-state index contributed by atoms with van der Waals surface area (Å²) < 4.78 is 5.42. The lowest BCUT2D eigenvalue weighted by Crippen LogP contribution is -2.44. The highest BCUT2D eigenvalue weighted by Gasteiger charge is 2.41. The number of hydrogen-bond donors (Lipinski definition) is 1. The van der Waals surface area contributed by atoms with E-state index in [1.54, 1.807) is 6.07 Å². The van der Waals surface area contributed by atoms with Gasteiger partial charge < -0.3 is 9.52 Å². The van der Waals surface area contributed by atoms with Crippen molar-refractivity contribution in [3.05, 3.63) is 118 Å². The van der Waals surface area contributed by atoms with Gasteiger partial charge in [0.1, 0.15) is 11.2 Å². The van der Waals surface area contributed by atoms with Crippen molar-refractivity contribution >= 4 is 11.0 Å². The Kier molecular flexibility index (Phi) is 5.88. The van der Waals surface area contributed by atoms with Crippen LogP contribution in [0.2, 0.25) is 0 Å². The van der Waals surface area contributed by atoms with E-state index in [2.05, 4.69) is 11.0 Å². The molecule has 1 aliphatic heterocycles. The van der Waals surface area contributed by atoms with Crippen molar-refractivity contribution in [3.8, 4) is 0 Å². The van der Waals surface area contributed by atoms with Crippen LogP contribution in [0.1, 0.15) is 35.1 Å². The summed E-state index contributed by atoms with van der Waals surface area (Å²) in [7, 11) is 0. The Morgan fingerprint density at radius 2 is 1.52 bits per heavy atom. The van der Waals surface area contributed by atoms with Crippen molar-refractivity contribution in [2.24, 2.45) is 5.92 Å². The molecule has 0 aliphatic carbocycles. The maximum absolute atomic E-state index is 12.1. The molecule has 0 amide bonds. The molecule has 1 fully saturated rings. The normalized spacial score (nSPS) is 15.7. The van der Waals surface area contributed by atoms with E-state index in [1.807, 2.05) is 79.7 Å². The second kappa shape index (κ2) is 8.97. The zero-order chi connectivity index (χ0) is 22.8. The smallest absolute Gasteiger partial charge is 0.336 e. The number of hydrogen-bond acceptors (Lipinski definition) is 4. The SMILES string of the molecule is Cc1ccc2c(CN3CCC(C(O)(c4ccccc4)c4ccccc4)CC3)cc(=O)oc2c1. The molecule has 1 saturated heterocycles. The van der Waals surface area contributed by atoms with Crippen LogP contribution in [0.4, 0.5) is 0 Å². The summed E-state index contributed by atoms with van der Waals surface area (Å²) in [5, 5.41) is 13.1. The maximum atomic E-state index is 12.1. The van der Waals surface area contributed by atoms with Crippen LogP contribution >= 0.6 is 0 Å². The molecule has 3 aromatic carbocycles. The molecule has 4 nitrogen and oxygen atoms in total. The molecule has 0 atom stereocenters. The monoisotopic (exact) mass is 439 g/mol. The summed E-state index contributed by atoms with van der Waals surface area (Å²) >= 11 is 0. The van der Waals surface area contributed by atoms with Crippen molar-refractivity contribution in [1.29, 1.82) is 0 Å². The number of aryl methyl sites for hydroxylation is 1. The molecule has 1 aliphatic rings. The minimum absolute atomic E-state index is 0.110. The zero-order valence-corrected chi connectivity index (χ0v) is 18.9. The molecule has 1 N–H and O–H groups in total. The minimum Gasteiger partial charge on any atom is -0.423 e. The Bertz CT molecular complexity index is 1250. The Morgan fingerprint density at radius 1 is 0.909 bits per heavy atom. The first-order valence-electron chi connectivity index (χ1n) is 11.6. The van der Waals surface area contributed by atoms with Gasteiger partial charge in [0.25, 0.3) is 0 Å². The lowest BCUT2D eigenvalue weighted by Gasteiger charge is -2.42. The van der Waals surface area contributed by atoms with Crippen LogP contribution in [-0.4, -0.2) is 23.1 Å². The molecule has 4 aromatic rings. The summed E-state index contributed by atoms with van der Waals surface area (Å²) in [6, 6.07) is 27.7. The quantitative estimate of drug-likeness (QED) is 0.432. The molecule has 0 unspecified atom stereocenters. The molecule has 2 heterocycles. The third kappa shape index (κ3) is 4.24. The molecular weight excluding hydrogens is 410 g/mol. The molecule has 1 aromatic heterocycles. The summed E-state index contributed by atoms with van der Waals surface area (Å²) in [4.78, 5) is 14.5. The summed E-state index contributed by atoms with van der Waals surface area (Å²) in [6.45, 7) is 4.42. The Morgan fingerprint density at radius 3 is 2.12 bits per heavy atom. The second-order valence-corrected chi connectivity index (χ2v) is 9.14. The van der Waals surface area contributed by atoms with Crippen LogP contribution in [0, 0.1) is 12.8 Å². The van der Waals surface area contributed by atoms with Crippen LogP contribution in [0.15, 0.2) is 94.1 Å². The number of fused-ring (bicyclic) bond motifs is 1. The number of benzene rings is 3. The average molecular weight is 440 g/mol. The van der Waals surface area contributed by atoms with Crippen molar-refractivity contribution in [1.82, 2.24) is 4.90 Å². The van der Waals surface area contributed by atoms with Gasteiger partial charge in [-0.2, -0.15) is 0 Å². The highest BCUT2D eigenvalue weighted by molar-refractivity contribution is 5.80. The summed E-state index contributed by atoms with van der Waals surface area (Å²) in [6.07, 6.45) is 1.75. The second-order valence-electron chi connectivity index (χ2n) is 9.14. The predicted octanol–water partition coefficient (Wildman–Crippen LogP) is 5.25. The Labute approximate surface area is 194 Å². The molecule has 0 radical (unpaired) electrons.